The highest BCUT2D eigenvalue weighted by Gasteiger charge is 2.42. The molecule has 2 rings (SSSR count). The number of ether oxygens (including phenoxy) is 1. The lowest BCUT2D eigenvalue weighted by molar-refractivity contribution is 0.140. The third-order valence-electron chi connectivity index (χ3n) is 4.22. The maximum Gasteiger partial charge on any atom is 0.315 e. The Labute approximate surface area is 131 Å². The number of amides is 2. The summed E-state index contributed by atoms with van der Waals surface area (Å²) in [7, 11) is 1.58. The summed E-state index contributed by atoms with van der Waals surface area (Å²) in [5.74, 6) is 1.89. The second-order valence-electron chi connectivity index (χ2n) is 6.11. The molecule has 2 unspecified atom stereocenters. The van der Waals surface area contributed by atoms with Crippen molar-refractivity contribution in [2.45, 2.75) is 44.7 Å². The highest BCUT2D eigenvalue weighted by Crippen LogP contribution is 2.39. The van der Waals surface area contributed by atoms with E-state index in [1.54, 1.807) is 7.11 Å². The molecular formula is C16H26N2O4. The SMILES string of the molecule is CCc1ccc(C(COC)NC(=O)NC(C)(CO)C2CC2)o1. The lowest BCUT2D eigenvalue weighted by atomic mass is 9.97. The number of rotatable bonds is 8. The van der Waals surface area contributed by atoms with Crippen LogP contribution in [0.3, 0.4) is 0 Å². The number of methoxy groups -OCH3 is 1. The van der Waals surface area contributed by atoms with E-state index in [2.05, 4.69) is 10.6 Å². The molecule has 0 aliphatic heterocycles. The van der Waals surface area contributed by atoms with Crippen LogP contribution >= 0.6 is 0 Å². The average Bonchev–Trinajstić information content (AvgIpc) is 3.25. The summed E-state index contributed by atoms with van der Waals surface area (Å²) in [5.41, 5.74) is -0.570. The molecule has 1 aliphatic carbocycles. The van der Waals surface area contributed by atoms with Crippen molar-refractivity contribution >= 4 is 6.03 Å². The van der Waals surface area contributed by atoms with Gasteiger partial charge in [0, 0.05) is 13.5 Å². The molecule has 1 saturated carbocycles. The lowest BCUT2D eigenvalue weighted by Gasteiger charge is -2.29. The smallest absolute Gasteiger partial charge is 0.315 e. The van der Waals surface area contributed by atoms with Gasteiger partial charge >= 0.3 is 6.03 Å². The van der Waals surface area contributed by atoms with Gasteiger partial charge in [0.05, 0.1) is 18.8 Å². The number of hydrogen-bond acceptors (Lipinski definition) is 4. The van der Waals surface area contributed by atoms with Crippen LogP contribution in [0.5, 0.6) is 0 Å². The molecule has 6 nitrogen and oxygen atoms in total. The van der Waals surface area contributed by atoms with Crippen molar-refractivity contribution in [3.63, 3.8) is 0 Å². The third kappa shape index (κ3) is 4.01. The van der Waals surface area contributed by atoms with Crippen molar-refractivity contribution in [3.8, 4) is 0 Å². The van der Waals surface area contributed by atoms with E-state index in [1.165, 1.54) is 0 Å². The Morgan fingerprint density at radius 3 is 2.77 bits per heavy atom. The number of carbonyl (C=O) groups excluding carboxylic acids is 1. The second-order valence-corrected chi connectivity index (χ2v) is 6.11. The molecule has 1 aromatic heterocycles. The molecule has 0 bridgehead atoms. The topological polar surface area (TPSA) is 83.7 Å². The van der Waals surface area contributed by atoms with E-state index < -0.39 is 5.54 Å². The maximum atomic E-state index is 12.3. The van der Waals surface area contributed by atoms with Gasteiger partial charge in [-0.15, -0.1) is 0 Å². The highest BCUT2D eigenvalue weighted by atomic mass is 16.5. The number of carbonyl (C=O) groups is 1. The molecule has 1 fully saturated rings. The molecule has 1 aromatic rings. The average molecular weight is 310 g/mol. The standard InChI is InChI=1S/C16H26N2O4/c1-4-12-7-8-14(22-12)13(9-21-3)17-15(20)18-16(2,10-19)11-5-6-11/h7-8,11,13,19H,4-6,9-10H2,1-3H3,(H2,17,18,20). The van der Waals surface area contributed by atoms with Gasteiger partial charge in [-0.05, 0) is 37.8 Å². The monoisotopic (exact) mass is 310 g/mol. The van der Waals surface area contributed by atoms with Crippen molar-refractivity contribution in [2.75, 3.05) is 20.3 Å². The number of furan rings is 1. The zero-order valence-electron chi connectivity index (χ0n) is 13.5. The molecule has 22 heavy (non-hydrogen) atoms. The summed E-state index contributed by atoms with van der Waals surface area (Å²) in [6.45, 7) is 4.14. The first-order chi connectivity index (χ1) is 10.5. The Hall–Kier alpha value is -1.53. The normalized spacial score (nSPS) is 18.5. The van der Waals surface area contributed by atoms with Crippen molar-refractivity contribution in [1.29, 1.82) is 0 Å². The Morgan fingerprint density at radius 2 is 2.27 bits per heavy atom. The van der Waals surface area contributed by atoms with Crippen LogP contribution in [0.4, 0.5) is 4.79 Å². The second kappa shape index (κ2) is 7.15. The van der Waals surface area contributed by atoms with E-state index in [9.17, 15) is 9.90 Å². The van der Waals surface area contributed by atoms with Crippen LogP contribution in [0.1, 0.15) is 44.3 Å². The highest BCUT2D eigenvalue weighted by molar-refractivity contribution is 5.75. The minimum absolute atomic E-state index is 0.0687. The zero-order chi connectivity index (χ0) is 16.2. The third-order valence-corrected chi connectivity index (χ3v) is 4.22. The van der Waals surface area contributed by atoms with Crippen LogP contribution in [0.2, 0.25) is 0 Å². The van der Waals surface area contributed by atoms with Crippen molar-refractivity contribution in [2.24, 2.45) is 5.92 Å². The van der Waals surface area contributed by atoms with Crippen molar-refractivity contribution < 1.29 is 19.1 Å². The van der Waals surface area contributed by atoms with Crippen LogP contribution < -0.4 is 10.6 Å². The van der Waals surface area contributed by atoms with E-state index in [-0.39, 0.29) is 18.7 Å². The summed E-state index contributed by atoms with van der Waals surface area (Å²) < 4.78 is 10.9. The van der Waals surface area contributed by atoms with Gasteiger partial charge in [0.2, 0.25) is 0 Å². The van der Waals surface area contributed by atoms with Gasteiger partial charge in [0.15, 0.2) is 0 Å². The Kier molecular flexibility index (Phi) is 5.47. The summed E-state index contributed by atoms with van der Waals surface area (Å²) >= 11 is 0. The first-order valence-electron chi connectivity index (χ1n) is 7.79. The van der Waals surface area contributed by atoms with Crippen LogP contribution in [0.15, 0.2) is 16.5 Å². The fourth-order valence-electron chi connectivity index (χ4n) is 2.58. The zero-order valence-corrected chi connectivity index (χ0v) is 13.5. The number of aliphatic hydroxyl groups is 1. The molecule has 124 valence electrons. The minimum Gasteiger partial charge on any atom is -0.464 e. The molecule has 2 atom stereocenters. The molecule has 1 heterocycles. The van der Waals surface area contributed by atoms with E-state index in [1.807, 2.05) is 26.0 Å². The Balaban J connectivity index is 1.99. The predicted octanol–water partition coefficient (Wildman–Crippen LogP) is 1.99. The number of nitrogens with one attached hydrogen (secondary N) is 2. The molecule has 2 amide bonds. The van der Waals surface area contributed by atoms with Gasteiger partial charge in [0.1, 0.15) is 17.6 Å². The van der Waals surface area contributed by atoms with Gasteiger partial charge in [-0.2, -0.15) is 0 Å². The first kappa shape index (κ1) is 16.8. The van der Waals surface area contributed by atoms with Gasteiger partial charge in [0.25, 0.3) is 0 Å². The molecular weight excluding hydrogens is 284 g/mol. The molecule has 6 heteroatoms. The van der Waals surface area contributed by atoms with E-state index in [0.29, 0.717) is 18.3 Å². The fraction of sp³-hybridized carbons (Fsp3) is 0.688. The van der Waals surface area contributed by atoms with E-state index in [4.69, 9.17) is 9.15 Å². The molecule has 0 radical (unpaired) electrons. The Bertz CT molecular complexity index is 498. The summed E-state index contributed by atoms with van der Waals surface area (Å²) in [4.78, 5) is 12.3. The molecule has 0 aromatic carbocycles. The van der Waals surface area contributed by atoms with Gasteiger partial charge in [-0.1, -0.05) is 6.92 Å². The van der Waals surface area contributed by atoms with Crippen molar-refractivity contribution in [1.82, 2.24) is 10.6 Å². The molecule has 3 N–H and O–H groups in total. The van der Waals surface area contributed by atoms with Crippen LogP contribution in [-0.2, 0) is 11.2 Å². The van der Waals surface area contributed by atoms with Crippen LogP contribution in [0, 0.1) is 5.92 Å². The first-order valence-corrected chi connectivity index (χ1v) is 7.79. The molecule has 0 saturated heterocycles. The quantitative estimate of drug-likeness (QED) is 0.685. The van der Waals surface area contributed by atoms with Crippen molar-refractivity contribution in [3.05, 3.63) is 23.7 Å². The minimum atomic E-state index is -0.570. The number of hydrogen-bond donors (Lipinski definition) is 3. The van der Waals surface area contributed by atoms with Gasteiger partial charge in [-0.3, -0.25) is 0 Å². The molecule has 0 spiro atoms. The summed E-state index contributed by atoms with van der Waals surface area (Å²) in [5, 5.41) is 15.3. The molecule has 1 aliphatic rings. The lowest BCUT2D eigenvalue weighted by Crippen LogP contribution is -2.54. The van der Waals surface area contributed by atoms with Gasteiger partial charge < -0.3 is 24.9 Å². The van der Waals surface area contributed by atoms with Crippen LogP contribution in [-0.4, -0.2) is 37.0 Å². The largest absolute Gasteiger partial charge is 0.464 e. The van der Waals surface area contributed by atoms with E-state index in [0.717, 1.165) is 25.0 Å². The van der Waals surface area contributed by atoms with Crippen LogP contribution in [0.25, 0.3) is 0 Å². The number of aryl methyl sites for hydroxylation is 1. The fourth-order valence-corrected chi connectivity index (χ4v) is 2.58. The Morgan fingerprint density at radius 1 is 1.55 bits per heavy atom. The summed E-state index contributed by atoms with van der Waals surface area (Å²) in [6.07, 6.45) is 2.88. The van der Waals surface area contributed by atoms with Gasteiger partial charge in [-0.25, -0.2) is 4.79 Å². The summed E-state index contributed by atoms with van der Waals surface area (Å²) in [6, 6.07) is 3.08. The maximum absolute atomic E-state index is 12.3. The number of aliphatic hydroxyl groups excluding tert-OH is 1. The van der Waals surface area contributed by atoms with E-state index >= 15 is 0 Å². The predicted molar refractivity (Wildman–Crippen MR) is 82.6 cm³/mol. The number of urea groups is 1.